The van der Waals surface area contributed by atoms with Crippen molar-refractivity contribution in [3.8, 4) is 11.3 Å². The molecule has 0 atom stereocenters. The first-order valence-electron chi connectivity index (χ1n) is 9.09. The van der Waals surface area contributed by atoms with Gasteiger partial charge in [0.25, 0.3) is 0 Å². The van der Waals surface area contributed by atoms with Crippen molar-refractivity contribution < 1.29 is 4.79 Å². The van der Waals surface area contributed by atoms with Crippen molar-refractivity contribution in [1.29, 1.82) is 0 Å². The molecule has 0 spiro atoms. The van der Waals surface area contributed by atoms with Gasteiger partial charge in [0, 0.05) is 33.5 Å². The van der Waals surface area contributed by atoms with Crippen molar-refractivity contribution >= 4 is 56.6 Å². The Balaban J connectivity index is 1.32. The highest BCUT2D eigenvalue weighted by Gasteiger charge is 2.09. The van der Waals surface area contributed by atoms with Gasteiger partial charge in [0.1, 0.15) is 0 Å². The number of para-hydroxylation sites is 1. The Bertz CT molecular complexity index is 1160. The van der Waals surface area contributed by atoms with Gasteiger partial charge >= 0.3 is 0 Å². The topological polar surface area (TPSA) is 54.9 Å². The molecule has 0 aliphatic carbocycles. The summed E-state index contributed by atoms with van der Waals surface area (Å²) in [7, 11) is 0. The van der Waals surface area contributed by atoms with Crippen LogP contribution in [-0.2, 0) is 4.79 Å². The highest BCUT2D eigenvalue weighted by atomic mass is 35.5. The lowest BCUT2D eigenvalue weighted by Crippen LogP contribution is -2.12. The van der Waals surface area contributed by atoms with Gasteiger partial charge in [-0.05, 0) is 36.8 Å². The number of thioether (sulfide) groups is 1. The van der Waals surface area contributed by atoms with Gasteiger partial charge in [-0.15, -0.1) is 23.1 Å². The minimum atomic E-state index is -0.0491. The standard InChI is InChI=1S/C22H18ClN3OS2/c1-14-12-21(24-18-5-3-2-4-17(14)18)28-11-10-20(27)26-22-25-19(13-29-22)15-6-8-16(23)9-7-15/h2-9,12-13H,10-11H2,1H3,(H,25,26,27). The van der Waals surface area contributed by atoms with Crippen LogP contribution in [0.25, 0.3) is 22.2 Å². The van der Waals surface area contributed by atoms with E-state index >= 15 is 0 Å². The second-order valence-corrected chi connectivity index (χ2v) is 8.90. The Morgan fingerprint density at radius 2 is 1.93 bits per heavy atom. The molecule has 0 aliphatic rings. The summed E-state index contributed by atoms with van der Waals surface area (Å²) in [6.07, 6.45) is 0.397. The zero-order valence-corrected chi connectivity index (χ0v) is 18.1. The number of hydrogen-bond donors (Lipinski definition) is 1. The van der Waals surface area contributed by atoms with E-state index in [-0.39, 0.29) is 5.91 Å². The lowest BCUT2D eigenvalue weighted by molar-refractivity contribution is -0.115. The fraction of sp³-hybridized carbons (Fsp3) is 0.136. The molecule has 0 unspecified atom stereocenters. The molecule has 4 rings (SSSR count). The summed E-state index contributed by atoms with van der Waals surface area (Å²) in [5.41, 5.74) is 3.98. The van der Waals surface area contributed by atoms with E-state index in [9.17, 15) is 4.79 Å². The molecule has 1 amide bonds. The molecule has 0 saturated carbocycles. The number of fused-ring (bicyclic) bond motifs is 1. The van der Waals surface area contributed by atoms with E-state index in [1.165, 1.54) is 16.9 Å². The molecule has 2 aromatic carbocycles. The Kier molecular flexibility index (Phi) is 6.13. The monoisotopic (exact) mass is 439 g/mol. The Hall–Kier alpha value is -2.41. The first kappa shape index (κ1) is 19.9. The maximum atomic E-state index is 12.3. The minimum absolute atomic E-state index is 0.0491. The van der Waals surface area contributed by atoms with Gasteiger partial charge in [0.05, 0.1) is 16.2 Å². The van der Waals surface area contributed by atoms with Crippen LogP contribution in [0.4, 0.5) is 5.13 Å². The molecule has 0 saturated heterocycles. The molecular weight excluding hydrogens is 422 g/mol. The van der Waals surface area contributed by atoms with Gasteiger partial charge in [-0.2, -0.15) is 0 Å². The lowest BCUT2D eigenvalue weighted by Gasteiger charge is -2.06. The number of rotatable bonds is 6. The van der Waals surface area contributed by atoms with E-state index in [1.54, 1.807) is 11.8 Å². The van der Waals surface area contributed by atoms with Gasteiger partial charge in [-0.3, -0.25) is 4.79 Å². The zero-order valence-electron chi connectivity index (χ0n) is 15.7. The largest absolute Gasteiger partial charge is 0.302 e. The number of hydrogen-bond acceptors (Lipinski definition) is 5. The number of nitrogens with one attached hydrogen (secondary N) is 1. The lowest BCUT2D eigenvalue weighted by atomic mass is 10.1. The van der Waals surface area contributed by atoms with Crippen molar-refractivity contribution in [2.24, 2.45) is 0 Å². The summed E-state index contributed by atoms with van der Waals surface area (Å²) in [4.78, 5) is 21.4. The summed E-state index contributed by atoms with van der Waals surface area (Å²) < 4.78 is 0. The molecule has 4 nitrogen and oxygen atoms in total. The molecule has 1 N–H and O–H groups in total. The van der Waals surface area contributed by atoms with Crippen molar-refractivity contribution in [3.05, 3.63) is 70.6 Å². The second kappa shape index (κ2) is 8.95. The molecule has 2 aromatic heterocycles. The van der Waals surface area contributed by atoms with Crippen LogP contribution in [0, 0.1) is 6.92 Å². The molecule has 7 heteroatoms. The number of amides is 1. The predicted molar refractivity (Wildman–Crippen MR) is 123 cm³/mol. The van der Waals surface area contributed by atoms with Crippen LogP contribution in [0.3, 0.4) is 0 Å². The van der Waals surface area contributed by atoms with E-state index in [2.05, 4.69) is 34.3 Å². The predicted octanol–water partition coefficient (Wildman–Crippen LogP) is 6.44. The molecule has 4 aromatic rings. The number of halogens is 1. The van der Waals surface area contributed by atoms with Gasteiger partial charge in [0.15, 0.2) is 5.13 Å². The summed E-state index contributed by atoms with van der Waals surface area (Å²) in [5, 5.41) is 8.19. The number of aromatic nitrogens is 2. The fourth-order valence-corrected chi connectivity index (χ4v) is 4.69. The average molecular weight is 440 g/mol. The van der Waals surface area contributed by atoms with E-state index < -0.39 is 0 Å². The number of nitrogens with zero attached hydrogens (tertiary/aromatic N) is 2. The third-order valence-electron chi connectivity index (χ3n) is 4.37. The van der Waals surface area contributed by atoms with Gasteiger partial charge in [-0.1, -0.05) is 41.9 Å². The van der Waals surface area contributed by atoms with E-state index in [4.69, 9.17) is 11.6 Å². The number of aryl methyl sites for hydroxylation is 1. The molecule has 0 radical (unpaired) electrons. The number of thiazole rings is 1. The van der Waals surface area contributed by atoms with E-state index in [1.807, 2.05) is 47.8 Å². The first-order valence-corrected chi connectivity index (χ1v) is 11.3. The van der Waals surface area contributed by atoms with Gasteiger partial charge in [-0.25, -0.2) is 9.97 Å². The third kappa shape index (κ3) is 4.96. The normalized spacial score (nSPS) is 11.0. The van der Waals surface area contributed by atoms with Crippen molar-refractivity contribution in [2.45, 2.75) is 18.4 Å². The number of benzene rings is 2. The van der Waals surface area contributed by atoms with Gasteiger partial charge < -0.3 is 5.32 Å². The summed E-state index contributed by atoms with van der Waals surface area (Å²) in [6, 6.07) is 17.7. The molecule has 2 heterocycles. The highest BCUT2D eigenvalue weighted by Crippen LogP contribution is 2.27. The molecule has 146 valence electrons. The van der Waals surface area contributed by atoms with E-state index in [0.717, 1.165) is 27.2 Å². The van der Waals surface area contributed by atoms with Crippen LogP contribution in [0.1, 0.15) is 12.0 Å². The summed E-state index contributed by atoms with van der Waals surface area (Å²) >= 11 is 8.93. The fourth-order valence-electron chi connectivity index (χ4n) is 2.91. The number of carbonyl (C=O) groups excluding carboxylic acids is 1. The van der Waals surface area contributed by atoms with Crippen molar-refractivity contribution in [1.82, 2.24) is 9.97 Å². The van der Waals surface area contributed by atoms with Crippen LogP contribution in [0.2, 0.25) is 5.02 Å². The van der Waals surface area contributed by atoms with Crippen LogP contribution < -0.4 is 5.32 Å². The molecule has 0 bridgehead atoms. The quantitative estimate of drug-likeness (QED) is 0.351. The number of pyridine rings is 1. The average Bonchev–Trinajstić information content (AvgIpc) is 3.17. The molecule has 0 fully saturated rings. The first-order chi connectivity index (χ1) is 14.1. The van der Waals surface area contributed by atoms with Crippen molar-refractivity contribution in [3.63, 3.8) is 0 Å². The summed E-state index contributed by atoms with van der Waals surface area (Å²) in [5.74, 6) is 0.610. The SMILES string of the molecule is Cc1cc(SCCC(=O)Nc2nc(-c3ccc(Cl)cc3)cs2)nc2ccccc12. The maximum Gasteiger partial charge on any atom is 0.226 e. The molecule has 0 aliphatic heterocycles. The van der Waals surface area contributed by atoms with E-state index in [0.29, 0.717) is 22.3 Å². The van der Waals surface area contributed by atoms with Crippen LogP contribution in [-0.4, -0.2) is 21.6 Å². The Morgan fingerprint density at radius 1 is 1.14 bits per heavy atom. The van der Waals surface area contributed by atoms with Crippen molar-refractivity contribution in [2.75, 3.05) is 11.1 Å². The van der Waals surface area contributed by atoms with Crippen LogP contribution >= 0.6 is 34.7 Å². The Labute approximate surface area is 182 Å². The third-order valence-corrected chi connectivity index (χ3v) is 6.29. The van der Waals surface area contributed by atoms with Gasteiger partial charge in [0.2, 0.25) is 5.91 Å². The number of anilines is 1. The zero-order chi connectivity index (χ0) is 20.2. The second-order valence-electron chi connectivity index (χ2n) is 6.49. The van der Waals surface area contributed by atoms with Crippen LogP contribution in [0.15, 0.2) is 65.0 Å². The highest BCUT2D eigenvalue weighted by molar-refractivity contribution is 7.99. The molecular formula is C22H18ClN3OS2. The summed E-state index contributed by atoms with van der Waals surface area (Å²) in [6.45, 7) is 2.08. The number of carbonyl (C=O) groups is 1. The van der Waals surface area contributed by atoms with Crippen LogP contribution in [0.5, 0.6) is 0 Å². The minimum Gasteiger partial charge on any atom is -0.302 e. The smallest absolute Gasteiger partial charge is 0.226 e. The Morgan fingerprint density at radius 3 is 2.76 bits per heavy atom. The maximum absolute atomic E-state index is 12.3. The molecule has 29 heavy (non-hydrogen) atoms.